The van der Waals surface area contributed by atoms with Gasteiger partial charge in [0.2, 0.25) is 17.7 Å². The van der Waals surface area contributed by atoms with Crippen molar-refractivity contribution in [2.75, 3.05) is 6.54 Å². The van der Waals surface area contributed by atoms with Gasteiger partial charge in [0.15, 0.2) is 0 Å². The van der Waals surface area contributed by atoms with Crippen molar-refractivity contribution in [2.45, 2.75) is 68.8 Å². The first-order chi connectivity index (χ1) is 16.5. The Balaban J connectivity index is 1.50. The highest BCUT2D eigenvalue weighted by Gasteiger charge is 2.41. The predicted octanol–water partition coefficient (Wildman–Crippen LogP) is 3.02. The van der Waals surface area contributed by atoms with Crippen LogP contribution in [0.3, 0.4) is 0 Å². The van der Waals surface area contributed by atoms with Crippen LogP contribution in [0.4, 0.5) is 0 Å². The molecule has 8 nitrogen and oxygen atoms in total. The minimum Gasteiger partial charge on any atom is -0.343 e. The van der Waals surface area contributed by atoms with Crippen LogP contribution in [-0.2, 0) is 14.4 Å². The molecular weight excluding hydrogens is 518 g/mol. The van der Waals surface area contributed by atoms with Gasteiger partial charge < -0.3 is 21.0 Å². The van der Waals surface area contributed by atoms with E-state index in [1.807, 2.05) is 30.3 Å². The molecule has 4 N–H and O–H groups in total. The summed E-state index contributed by atoms with van der Waals surface area (Å²) in [5.74, 6) is -0.429. The van der Waals surface area contributed by atoms with Crippen LogP contribution < -0.4 is 20.9 Å². The number of benzene rings is 1. The summed E-state index contributed by atoms with van der Waals surface area (Å²) >= 11 is 4.62. The third-order valence-electron chi connectivity index (χ3n) is 6.74. The predicted molar refractivity (Wildman–Crippen MR) is 137 cm³/mol. The summed E-state index contributed by atoms with van der Waals surface area (Å²) in [5.41, 5.74) is 4.85. The smallest absolute Gasteiger partial charge is 0.247 e. The Hall–Kier alpha value is -2.04. The van der Waals surface area contributed by atoms with Crippen molar-refractivity contribution in [1.29, 1.82) is 0 Å². The van der Waals surface area contributed by atoms with Gasteiger partial charge in [0.05, 0.1) is 10.5 Å². The molecular formula is C24H32BrN5O3S. The second-order valence-corrected chi connectivity index (χ2v) is 11.3. The summed E-state index contributed by atoms with van der Waals surface area (Å²) in [7, 11) is 0. The average Bonchev–Trinajstić information content (AvgIpc) is 3.53. The summed E-state index contributed by atoms with van der Waals surface area (Å²) in [5, 5.41) is 6.68. The van der Waals surface area contributed by atoms with Gasteiger partial charge in [-0.25, -0.2) is 0 Å². The van der Waals surface area contributed by atoms with E-state index in [1.54, 1.807) is 11.8 Å². The lowest BCUT2D eigenvalue weighted by molar-refractivity contribution is -0.142. The molecule has 10 heteroatoms. The highest BCUT2D eigenvalue weighted by atomic mass is 79.9. The van der Waals surface area contributed by atoms with E-state index in [4.69, 9.17) is 0 Å². The highest BCUT2D eigenvalue weighted by Crippen LogP contribution is 2.30. The molecule has 1 aliphatic carbocycles. The number of carbonyl (C=O) groups excluding carboxylic acids is 3. The van der Waals surface area contributed by atoms with Crippen LogP contribution in [-0.4, -0.2) is 46.1 Å². The number of alkyl halides is 1. The number of halogens is 1. The van der Waals surface area contributed by atoms with Crippen LogP contribution in [0.25, 0.3) is 5.70 Å². The molecule has 184 valence electrons. The Morgan fingerprint density at radius 3 is 2.53 bits per heavy atom. The van der Waals surface area contributed by atoms with E-state index >= 15 is 0 Å². The Labute approximate surface area is 213 Å². The molecule has 1 saturated carbocycles. The van der Waals surface area contributed by atoms with E-state index in [-0.39, 0.29) is 28.5 Å². The zero-order valence-corrected chi connectivity index (χ0v) is 21.7. The number of carbonyl (C=O) groups is 3. The lowest BCUT2D eigenvalue weighted by Crippen LogP contribution is -2.56. The molecule has 3 aliphatic rings. The van der Waals surface area contributed by atoms with Crippen LogP contribution >= 0.6 is 27.9 Å². The first-order valence-electron chi connectivity index (χ1n) is 12.0. The summed E-state index contributed by atoms with van der Waals surface area (Å²) in [6, 6.07) is 8.62. The number of rotatable bonds is 7. The molecule has 0 spiro atoms. The number of hydrogen-bond donors (Lipinski definition) is 4. The summed E-state index contributed by atoms with van der Waals surface area (Å²) in [4.78, 5) is 43.8. The largest absolute Gasteiger partial charge is 0.343 e. The normalized spacial score (nSPS) is 22.8. The van der Waals surface area contributed by atoms with E-state index < -0.39 is 12.1 Å². The Morgan fingerprint density at radius 2 is 1.82 bits per heavy atom. The summed E-state index contributed by atoms with van der Waals surface area (Å²) in [6.07, 6.45) is 6.49. The molecule has 34 heavy (non-hydrogen) atoms. The van der Waals surface area contributed by atoms with Gasteiger partial charge in [0.1, 0.15) is 17.1 Å². The molecule has 2 fully saturated rings. The van der Waals surface area contributed by atoms with Crippen LogP contribution in [0.5, 0.6) is 0 Å². The van der Waals surface area contributed by atoms with Gasteiger partial charge in [-0.3, -0.25) is 14.4 Å². The van der Waals surface area contributed by atoms with E-state index in [0.717, 1.165) is 49.8 Å². The third-order valence-corrected chi connectivity index (χ3v) is 7.87. The van der Waals surface area contributed by atoms with Gasteiger partial charge in [-0.2, -0.15) is 4.83 Å². The number of nitrogens with one attached hydrogen (secondary N) is 4. The molecule has 3 atom stereocenters. The van der Waals surface area contributed by atoms with Crippen LogP contribution in [0.2, 0.25) is 0 Å². The van der Waals surface area contributed by atoms with Crippen LogP contribution in [0.15, 0.2) is 35.4 Å². The number of nitrogens with zero attached hydrogens (tertiary/aromatic N) is 1. The number of hydrazine groups is 1. The zero-order chi connectivity index (χ0) is 24.1. The number of hydrogen-bond acceptors (Lipinski definition) is 6. The maximum atomic E-state index is 13.7. The van der Waals surface area contributed by atoms with E-state index in [9.17, 15) is 14.4 Å². The van der Waals surface area contributed by atoms with Crippen molar-refractivity contribution in [3.63, 3.8) is 0 Å². The van der Waals surface area contributed by atoms with E-state index in [0.29, 0.717) is 18.0 Å². The molecule has 1 aromatic rings. The summed E-state index contributed by atoms with van der Waals surface area (Å²) in [6.45, 7) is 2.28. The van der Waals surface area contributed by atoms with E-state index in [1.165, 1.54) is 11.9 Å². The molecule has 2 heterocycles. The fraction of sp³-hybridized carbons (Fsp3) is 0.542. The average molecular weight is 551 g/mol. The Morgan fingerprint density at radius 1 is 1.09 bits per heavy atom. The van der Waals surface area contributed by atoms with Crippen molar-refractivity contribution < 1.29 is 14.4 Å². The lowest BCUT2D eigenvalue weighted by atomic mass is 9.83. The van der Waals surface area contributed by atoms with Gasteiger partial charge in [-0.1, -0.05) is 65.5 Å². The van der Waals surface area contributed by atoms with Gasteiger partial charge in [0.25, 0.3) is 0 Å². The van der Waals surface area contributed by atoms with Gasteiger partial charge >= 0.3 is 0 Å². The molecule has 2 aliphatic heterocycles. The Bertz CT molecular complexity index is 936. The topological polar surface area (TPSA) is 103 Å². The molecule has 1 aromatic carbocycles. The van der Waals surface area contributed by atoms with Crippen molar-refractivity contribution in [1.82, 2.24) is 25.8 Å². The lowest BCUT2D eigenvalue weighted by Gasteiger charge is -2.34. The first kappa shape index (κ1) is 25.1. The first-order valence-corrected chi connectivity index (χ1v) is 13.7. The monoisotopic (exact) mass is 549 g/mol. The zero-order valence-electron chi connectivity index (χ0n) is 19.3. The number of likely N-dealkylation sites (tertiary alicyclic amines) is 1. The molecule has 1 saturated heterocycles. The Kier molecular flexibility index (Phi) is 8.55. The van der Waals surface area contributed by atoms with Crippen molar-refractivity contribution >= 4 is 51.3 Å². The van der Waals surface area contributed by atoms with Crippen molar-refractivity contribution in [3.8, 4) is 0 Å². The maximum absolute atomic E-state index is 13.7. The van der Waals surface area contributed by atoms with Crippen molar-refractivity contribution in [3.05, 3.63) is 40.9 Å². The molecule has 0 aromatic heterocycles. The van der Waals surface area contributed by atoms with Crippen LogP contribution in [0.1, 0.15) is 57.4 Å². The van der Waals surface area contributed by atoms with Gasteiger partial charge in [0, 0.05) is 12.1 Å². The van der Waals surface area contributed by atoms with Crippen molar-refractivity contribution in [2.24, 2.45) is 5.92 Å². The van der Waals surface area contributed by atoms with Crippen LogP contribution in [0, 0.1) is 5.92 Å². The van der Waals surface area contributed by atoms with E-state index in [2.05, 4.69) is 36.8 Å². The van der Waals surface area contributed by atoms with Gasteiger partial charge in [-0.15, -0.1) is 0 Å². The SMILES string of the molecule is CC(Br)C(=O)N[C@H](C(=O)N1CCC[C@H]1C(=O)NC1=C(c2ccccc2)NNS1)C1CCCCC1. The minimum absolute atomic E-state index is 0.104. The molecule has 3 amide bonds. The molecule has 0 bridgehead atoms. The minimum atomic E-state index is -0.593. The second-order valence-electron chi connectivity index (χ2n) is 9.08. The third kappa shape index (κ3) is 5.78. The molecule has 4 rings (SSSR count). The number of amides is 3. The standard InChI is InChI=1S/C24H32BrN5O3S/c1-15(25)21(31)26-20(17-11-6-3-7-12-17)24(33)30-14-8-13-18(30)22(32)27-23-19(28-29-34-23)16-9-4-2-5-10-16/h2,4-5,9-10,15,17-18,20,28-29H,3,6-8,11-14H2,1H3,(H,26,31)(H,27,32)/t15?,18-,20-/m0/s1. The summed E-state index contributed by atoms with van der Waals surface area (Å²) < 4.78 is 0. The fourth-order valence-electron chi connectivity index (χ4n) is 4.93. The second kappa shape index (κ2) is 11.6. The quantitative estimate of drug-likeness (QED) is 0.308. The molecule has 1 unspecified atom stereocenters. The molecule has 0 radical (unpaired) electrons. The fourth-order valence-corrected chi connectivity index (χ4v) is 5.74. The highest BCUT2D eigenvalue weighted by molar-refractivity contribution is 9.10. The maximum Gasteiger partial charge on any atom is 0.247 e. The van der Waals surface area contributed by atoms with Gasteiger partial charge in [-0.05, 0) is 50.5 Å².